The van der Waals surface area contributed by atoms with Crippen molar-refractivity contribution in [2.45, 2.75) is 38.4 Å². The van der Waals surface area contributed by atoms with Crippen LogP contribution in [0.2, 0.25) is 0 Å². The molecule has 0 spiro atoms. The molecule has 13 heavy (non-hydrogen) atoms. The summed E-state index contributed by atoms with van der Waals surface area (Å²) in [5, 5.41) is 0. The number of carbonyl (C=O) groups is 1. The molecular weight excluding hydrogens is 230 g/mol. The summed E-state index contributed by atoms with van der Waals surface area (Å²) in [6.07, 6.45) is 1.75. The minimum atomic E-state index is 0.251. The highest BCUT2D eigenvalue weighted by atomic mass is 79.9. The van der Waals surface area contributed by atoms with Crippen molar-refractivity contribution >= 4 is 21.8 Å². The highest BCUT2D eigenvalue weighted by Crippen LogP contribution is 2.09. The van der Waals surface area contributed by atoms with Crippen LogP contribution in [0, 0.1) is 5.92 Å². The lowest BCUT2D eigenvalue weighted by Crippen LogP contribution is -2.32. The number of hydrogen-bond donors (Lipinski definition) is 0. The molecule has 0 bridgehead atoms. The maximum absolute atomic E-state index is 11.6. The van der Waals surface area contributed by atoms with Gasteiger partial charge in [-0.25, -0.2) is 0 Å². The third-order valence-electron chi connectivity index (χ3n) is 2.17. The summed E-state index contributed by atoms with van der Waals surface area (Å²) in [4.78, 5) is 13.7. The fraction of sp³-hybridized carbons (Fsp3) is 0.900. The van der Waals surface area contributed by atoms with Crippen LogP contribution in [0.1, 0.15) is 33.6 Å². The van der Waals surface area contributed by atoms with E-state index in [1.54, 1.807) is 4.90 Å². The van der Waals surface area contributed by atoms with Crippen LogP contribution in [-0.4, -0.2) is 29.2 Å². The van der Waals surface area contributed by atoms with Crippen LogP contribution in [0.4, 0.5) is 0 Å². The molecule has 0 aromatic heterocycles. The molecule has 0 heterocycles. The molecule has 2 nitrogen and oxygen atoms in total. The maximum Gasteiger partial charge on any atom is 0.222 e. The largest absolute Gasteiger partial charge is 0.345 e. The van der Waals surface area contributed by atoms with Crippen LogP contribution in [0.15, 0.2) is 0 Å². The van der Waals surface area contributed by atoms with Crippen molar-refractivity contribution in [1.82, 2.24) is 4.90 Å². The molecule has 78 valence electrons. The Kier molecular flexibility index (Phi) is 6.39. The summed E-state index contributed by atoms with van der Waals surface area (Å²) in [5.74, 6) is 0.751. The van der Waals surface area contributed by atoms with Gasteiger partial charge in [0.1, 0.15) is 0 Å². The predicted octanol–water partition coefficient (Wildman–Crippen LogP) is 2.66. The number of nitrogens with zero attached hydrogens (tertiary/aromatic N) is 1. The number of amides is 1. The molecule has 0 aliphatic rings. The molecule has 0 radical (unpaired) electrons. The van der Waals surface area contributed by atoms with Gasteiger partial charge in [-0.15, -0.1) is 0 Å². The molecule has 0 N–H and O–H groups in total. The molecule has 2 atom stereocenters. The Morgan fingerprint density at radius 3 is 2.38 bits per heavy atom. The van der Waals surface area contributed by atoms with Gasteiger partial charge in [0.15, 0.2) is 0 Å². The van der Waals surface area contributed by atoms with E-state index in [2.05, 4.69) is 29.8 Å². The van der Waals surface area contributed by atoms with E-state index in [1.807, 2.05) is 14.0 Å². The SMILES string of the molecule is CCC(C)CC(=O)N(C)CC(C)Br. The Hall–Kier alpha value is -0.0500. The third kappa shape index (κ3) is 6.08. The smallest absolute Gasteiger partial charge is 0.222 e. The minimum Gasteiger partial charge on any atom is -0.345 e. The average molecular weight is 250 g/mol. The predicted molar refractivity (Wildman–Crippen MR) is 60.1 cm³/mol. The third-order valence-corrected chi connectivity index (χ3v) is 2.46. The van der Waals surface area contributed by atoms with Crippen LogP contribution >= 0.6 is 15.9 Å². The fourth-order valence-corrected chi connectivity index (χ4v) is 1.51. The summed E-state index contributed by atoms with van der Waals surface area (Å²) in [7, 11) is 1.86. The van der Waals surface area contributed by atoms with Crippen molar-refractivity contribution in [1.29, 1.82) is 0 Å². The Balaban J connectivity index is 3.82. The van der Waals surface area contributed by atoms with Crippen molar-refractivity contribution in [3.8, 4) is 0 Å². The van der Waals surface area contributed by atoms with Gasteiger partial charge in [-0.3, -0.25) is 4.79 Å². The minimum absolute atomic E-state index is 0.251. The Morgan fingerprint density at radius 1 is 1.46 bits per heavy atom. The summed E-state index contributed by atoms with van der Waals surface area (Å²) < 4.78 is 0. The lowest BCUT2D eigenvalue weighted by atomic mass is 10.0. The molecular formula is C10H20BrNO. The zero-order chi connectivity index (χ0) is 10.4. The van der Waals surface area contributed by atoms with E-state index in [9.17, 15) is 4.79 Å². The maximum atomic E-state index is 11.6. The van der Waals surface area contributed by atoms with Crippen LogP contribution in [0.5, 0.6) is 0 Å². The van der Waals surface area contributed by atoms with Crippen LogP contribution in [-0.2, 0) is 4.79 Å². The van der Waals surface area contributed by atoms with E-state index in [1.165, 1.54) is 0 Å². The molecule has 0 aliphatic carbocycles. The first-order valence-corrected chi connectivity index (χ1v) is 5.77. The average Bonchev–Trinajstić information content (AvgIpc) is 2.02. The quantitative estimate of drug-likeness (QED) is 0.687. The van der Waals surface area contributed by atoms with Gasteiger partial charge in [-0.2, -0.15) is 0 Å². The van der Waals surface area contributed by atoms with Gasteiger partial charge in [0.25, 0.3) is 0 Å². The van der Waals surface area contributed by atoms with Gasteiger partial charge >= 0.3 is 0 Å². The molecule has 1 amide bonds. The summed E-state index contributed by atoms with van der Waals surface area (Å²) in [5.41, 5.74) is 0. The molecule has 0 rings (SSSR count). The van der Waals surface area contributed by atoms with Gasteiger partial charge < -0.3 is 4.90 Å². The molecule has 2 unspecified atom stereocenters. The number of hydrogen-bond acceptors (Lipinski definition) is 1. The Labute approximate surface area is 89.8 Å². The van der Waals surface area contributed by atoms with E-state index in [0.29, 0.717) is 17.2 Å². The number of alkyl halides is 1. The van der Waals surface area contributed by atoms with Crippen LogP contribution in [0.25, 0.3) is 0 Å². The zero-order valence-corrected chi connectivity index (χ0v) is 10.6. The Morgan fingerprint density at radius 2 is 2.00 bits per heavy atom. The van der Waals surface area contributed by atoms with Gasteiger partial charge in [0, 0.05) is 24.8 Å². The van der Waals surface area contributed by atoms with Crippen molar-refractivity contribution < 1.29 is 4.79 Å². The molecule has 0 aliphatic heterocycles. The molecule has 3 heteroatoms. The first kappa shape index (κ1) is 12.9. The van der Waals surface area contributed by atoms with Gasteiger partial charge in [-0.1, -0.05) is 43.1 Å². The lowest BCUT2D eigenvalue weighted by molar-refractivity contribution is -0.130. The van der Waals surface area contributed by atoms with Crippen molar-refractivity contribution in [2.24, 2.45) is 5.92 Å². The Bertz CT molecular complexity index is 159. The fourth-order valence-electron chi connectivity index (χ4n) is 1.08. The highest BCUT2D eigenvalue weighted by molar-refractivity contribution is 9.09. The second kappa shape index (κ2) is 6.41. The van der Waals surface area contributed by atoms with Gasteiger partial charge in [0.2, 0.25) is 5.91 Å². The normalized spacial score (nSPS) is 15.2. The van der Waals surface area contributed by atoms with Crippen LogP contribution in [0.3, 0.4) is 0 Å². The first-order chi connectivity index (χ1) is 5.97. The van der Waals surface area contributed by atoms with E-state index in [4.69, 9.17) is 0 Å². The number of halogens is 1. The summed E-state index contributed by atoms with van der Waals surface area (Å²) >= 11 is 3.43. The summed E-state index contributed by atoms with van der Waals surface area (Å²) in [6.45, 7) is 7.07. The molecule has 0 fully saturated rings. The van der Waals surface area contributed by atoms with Gasteiger partial charge in [-0.05, 0) is 5.92 Å². The number of rotatable bonds is 5. The van der Waals surface area contributed by atoms with E-state index >= 15 is 0 Å². The van der Waals surface area contributed by atoms with E-state index in [-0.39, 0.29) is 5.91 Å². The first-order valence-electron chi connectivity index (χ1n) is 4.85. The van der Waals surface area contributed by atoms with Crippen molar-refractivity contribution in [2.75, 3.05) is 13.6 Å². The van der Waals surface area contributed by atoms with E-state index in [0.717, 1.165) is 13.0 Å². The second-order valence-electron chi connectivity index (χ2n) is 3.77. The second-order valence-corrected chi connectivity index (χ2v) is 5.34. The molecule has 0 saturated carbocycles. The highest BCUT2D eigenvalue weighted by Gasteiger charge is 2.13. The van der Waals surface area contributed by atoms with E-state index < -0.39 is 0 Å². The van der Waals surface area contributed by atoms with Crippen LogP contribution < -0.4 is 0 Å². The number of carbonyl (C=O) groups excluding carboxylic acids is 1. The zero-order valence-electron chi connectivity index (χ0n) is 9.01. The van der Waals surface area contributed by atoms with Crippen molar-refractivity contribution in [3.63, 3.8) is 0 Å². The lowest BCUT2D eigenvalue weighted by Gasteiger charge is -2.20. The van der Waals surface area contributed by atoms with Gasteiger partial charge in [0.05, 0.1) is 0 Å². The topological polar surface area (TPSA) is 20.3 Å². The molecule has 0 aromatic rings. The molecule has 0 saturated heterocycles. The standard InChI is InChI=1S/C10H20BrNO/c1-5-8(2)6-10(13)12(4)7-9(3)11/h8-9H,5-7H2,1-4H3. The summed E-state index contributed by atoms with van der Waals surface area (Å²) in [6, 6.07) is 0. The molecule has 0 aromatic carbocycles. The van der Waals surface area contributed by atoms with Crippen molar-refractivity contribution in [3.05, 3.63) is 0 Å². The monoisotopic (exact) mass is 249 g/mol.